The van der Waals surface area contributed by atoms with Gasteiger partial charge >= 0.3 is 11.9 Å². The molecular formula is C52H34O4. The Morgan fingerprint density at radius 2 is 0.714 bits per heavy atom. The SMILES string of the molecule is Cc1cccc2c(-c3c4ccccc4c(OC(=O)c4ccc5ccccc5c4)c4c(C)cccc34)c3ccccc3c(OC(=O)c3ccc4ccccc4c3)c12. The van der Waals surface area contributed by atoms with E-state index in [9.17, 15) is 9.59 Å². The molecule has 10 rings (SSSR count). The molecular weight excluding hydrogens is 689 g/mol. The molecule has 4 nitrogen and oxygen atoms in total. The largest absolute Gasteiger partial charge is 0.422 e. The summed E-state index contributed by atoms with van der Waals surface area (Å²) in [5, 5.41) is 11.3. The van der Waals surface area contributed by atoms with Gasteiger partial charge < -0.3 is 9.47 Å². The Bertz CT molecular complexity index is 3050. The van der Waals surface area contributed by atoms with Crippen LogP contribution in [0.1, 0.15) is 31.8 Å². The summed E-state index contributed by atoms with van der Waals surface area (Å²) in [7, 11) is 0. The molecule has 0 saturated heterocycles. The molecule has 0 N–H and O–H groups in total. The molecule has 0 aromatic heterocycles. The third-order valence-corrected chi connectivity index (χ3v) is 11.0. The van der Waals surface area contributed by atoms with Gasteiger partial charge in [0.2, 0.25) is 0 Å². The molecule has 56 heavy (non-hydrogen) atoms. The second-order valence-corrected chi connectivity index (χ2v) is 14.4. The van der Waals surface area contributed by atoms with Crippen LogP contribution < -0.4 is 9.47 Å². The minimum atomic E-state index is -0.415. The number of aryl methyl sites for hydroxylation is 2. The highest BCUT2D eigenvalue weighted by atomic mass is 16.5. The summed E-state index contributed by atoms with van der Waals surface area (Å²) in [4.78, 5) is 28.1. The summed E-state index contributed by atoms with van der Waals surface area (Å²) in [5.74, 6) is 0.229. The topological polar surface area (TPSA) is 52.6 Å². The highest BCUT2D eigenvalue weighted by Gasteiger charge is 2.26. The summed E-state index contributed by atoms with van der Waals surface area (Å²) in [6.45, 7) is 4.12. The maximum absolute atomic E-state index is 14.0. The van der Waals surface area contributed by atoms with Crippen molar-refractivity contribution in [1.82, 2.24) is 0 Å². The van der Waals surface area contributed by atoms with Crippen LogP contribution in [0, 0.1) is 13.8 Å². The molecule has 0 radical (unpaired) electrons. The molecule has 266 valence electrons. The van der Waals surface area contributed by atoms with E-state index in [4.69, 9.17) is 9.47 Å². The van der Waals surface area contributed by atoms with E-state index in [0.717, 1.165) is 86.9 Å². The molecule has 0 aliphatic heterocycles. The molecule has 0 saturated carbocycles. The molecule has 10 aromatic rings. The van der Waals surface area contributed by atoms with Crippen molar-refractivity contribution in [3.8, 4) is 22.6 Å². The van der Waals surface area contributed by atoms with Gasteiger partial charge in [-0.05, 0) is 103 Å². The van der Waals surface area contributed by atoms with Gasteiger partial charge in [-0.1, -0.05) is 146 Å². The van der Waals surface area contributed by atoms with E-state index in [1.807, 2.05) is 121 Å². The minimum absolute atomic E-state index is 0.415. The predicted octanol–water partition coefficient (Wildman–Crippen LogP) is 13.3. The summed E-state index contributed by atoms with van der Waals surface area (Å²) in [6.07, 6.45) is 0. The number of benzene rings is 10. The number of hydrogen-bond donors (Lipinski definition) is 0. The Hall–Kier alpha value is -7.30. The quantitative estimate of drug-likeness (QED) is 0.101. The first-order chi connectivity index (χ1) is 27.4. The summed E-state index contributed by atoms with van der Waals surface area (Å²) in [5.41, 5.74) is 4.98. The van der Waals surface area contributed by atoms with Gasteiger partial charge in [-0.2, -0.15) is 0 Å². The molecule has 4 heteroatoms. The number of carbonyl (C=O) groups excluding carboxylic acids is 2. The van der Waals surface area contributed by atoms with Crippen molar-refractivity contribution in [2.75, 3.05) is 0 Å². The van der Waals surface area contributed by atoms with Gasteiger partial charge in [0.1, 0.15) is 11.5 Å². The second kappa shape index (κ2) is 13.2. The number of rotatable bonds is 5. The van der Waals surface area contributed by atoms with Crippen molar-refractivity contribution < 1.29 is 19.1 Å². The molecule has 0 bridgehead atoms. The first kappa shape index (κ1) is 33.3. The fourth-order valence-corrected chi connectivity index (χ4v) is 8.40. The molecule has 0 spiro atoms. The monoisotopic (exact) mass is 722 g/mol. The smallest absolute Gasteiger partial charge is 0.343 e. The maximum atomic E-state index is 14.0. The van der Waals surface area contributed by atoms with Crippen LogP contribution in [0.3, 0.4) is 0 Å². The van der Waals surface area contributed by atoms with Crippen LogP contribution in [0.5, 0.6) is 11.5 Å². The van der Waals surface area contributed by atoms with Crippen LogP contribution in [-0.2, 0) is 0 Å². The van der Waals surface area contributed by atoms with E-state index in [-0.39, 0.29) is 0 Å². The van der Waals surface area contributed by atoms with E-state index in [2.05, 4.69) is 62.4 Å². The van der Waals surface area contributed by atoms with Crippen molar-refractivity contribution in [1.29, 1.82) is 0 Å². The van der Waals surface area contributed by atoms with Crippen molar-refractivity contribution in [2.24, 2.45) is 0 Å². The molecule has 0 heterocycles. The normalized spacial score (nSPS) is 11.5. The van der Waals surface area contributed by atoms with Gasteiger partial charge in [0, 0.05) is 21.5 Å². The van der Waals surface area contributed by atoms with E-state index in [1.54, 1.807) is 0 Å². The molecule has 0 aliphatic rings. The van der Waals surface area contributed by atoms with Crippen molar-refractivity contribution >= 4 is 76.6 Å². The predicted molar refractivity (Wildman–Crippen MR) is 229 cm³/mol. The Labute approximate surface area is 323 Å². The van der Waals surface area contributed by atoms with Crippen LogP contribution in [0.25, 0.3) is 75.8 Å². The van der Waals surface area contributed by atoms with Crippen LogP contribution in [0.15, 0.2) is 170 Å². The van der Waals surface area contributed by atoms with Gasteiger partial charge in [0.25, 0.3) is 0 Å². The lowest BCUT2D eigenvalue weighted by atomic mass is 9.84. The Morgan fingerprint density at radius 3 is 1.14 bits per heavy atom. The zero-order valence-electron chi connectivity index (χ0n) is 30.8. The highest BCUT2D eigenvalue weighted by Crippen LogP contribution is 2.51. The Balaban J connectivity index is 1.21. The van der Waals surface area contributed by atoms with Crippen molar-refractivity contribution in [3.63, 3.8) is 0 Å². The number of fused-ring (bicyclic) bond motifs is 6. The van der Waals surface area contributed by atoms with Crippen LogP contribution in [-0.4, -0.2) is 11.9 Å². The zero-order valence-corrected chi connectivity index (χ0v) is 30.8. The number of esters is 2. The average molecular weight is 723 g/mol. The van der Waals surface area contributed by atoms with E-state index in [1.165, 1.54) is 0 Å². The van der Waals surface area contributed by atoms with E-state index >= 15 is 0 Å². The van der Waals surface area contributed by atoms with Gasteiger partial charge in [-0.15, -0.1) is 0 Å². The first-order valence-electron chi connectivity index (χ1n) is 18.7. The summed E-state index contributed by atoms with van der Waals surface area (Å²) < 4.78 is 13.0. The molecule has 10 aromatic carbocycles. The molecule has 0 fully saturated rings. The third-order valence-electron chi connectivity index (χ3n) is 11.0. The van der Waals surface area contributed by atoms with E-state index in [0.29, 0.717) is 22.6 Å². The molecule has 0 amide bonds. The number of hydrogen-bond acceptors (Lipinski definition) is 4. The third kappa shape index (κ3) is 5.38. The highest BCUT2D eigenvalue weighted by molar-refractivity contribution is 6.28. The van der Waals surface area contributed by atoms with Crippen molar-refractivity contribution in [3.05, 3.63) is 192 Å². The standard InChI is InChI=1S/C52H34O4/c1-31-13-11-23-43-45(31)49(55-51(53)37-27-25-33-15-3-5-17-35(33)29-37)41-21-9-7-19-39(41)47(43)48-40-20-8-10-22-42(40)50(46-32(2)14-12-24-44(46)48)56-52(54)38-28-26-34-16-4-6-18-36(34)30-38/h3-30H,1-2H3. The Kier molecular flexibility index (Phi) is 7.86. The Morgan fingerprint density at radius 1 is 0.357 bits per heavy atom. The van der Waals surface area contributed by atoms with Crippen molar-refractivity contribution in [2.45, 2.75) is 13.8 Å². The number of carbonyl (C=O) groups is 2. The summed E-state index contributed by atoms with van der Waals surface area (Å²) in [6, 6.07) is 56.1. The van der Waals surface area contributed by atoms with Gasteiger partial charge in [-0.3, -0.25) is 0 Å². The lowest BCUT2D eigenvalue weighted by molar-refractivity contribution is 0.0730. The van der Waals surface area contributed by atoms with Crippen LogP contribution in [0.4, 0.5) is 0 Å². The maximum Gasteiger partial charge on any atom is 0.343 e. The van der Waals surface area contributed by atoms with Crippen LogP contribution >= 0.6 is 0 Å². The minimum Gasteiger partial charge on any atom is -0.422 e. The number of ether oxygens (including phenoxy) is 2. The molecule has 0 unspecified atom stereocenters. The average Bonchev–Trinajstić information content (AvgIpc) is 3.23. The lowest BCUT2D eigenvalue weighted by Crippen LogP contribution is -2.10. The zero-order chi connectivity index (χ0) is 37.9. The fourth-order valence-electron chi connectivity index (χ4n) is 8.40. The van der Waals surface area contributed by atoms with E-state index < -0.39 is 11.9 Å². The van der Waals surface area contributed by atoms with Gasteiger partial charge in [0.15, 0.2) is 0 Å². The van der Waals surface area contributed by atoms with Gasteiger partial charge in [-0.25, -0.2) is 9.59 Å². The van der Waals surface area contributed by atoms with Gasteiger partial charge in [0.05, 0.1) is 11.1 Å². The molecule has 0 atom stereocenters. The lowest BCUT2D eigenvalue weighted by Gasteiger charge is -2.22. The van der Waals surface area contributed by atoms with Crippen LogP contribution in [0.2, 0.25) is 0 Å². The first-order valence-corrected chi connectivity index (χ1v) is 18.7. The fraction of sp³-hybridized carbons (Fsp3) is 0.0385. The molecule has 0 aliphatic carbocycles. The summed E-state index contributed by atoms with van der Waals surface area (Å²) >= 11 is 0. The second-order valence-electron chi connectivity index (χ2n) is 14.4.